The van der Waals surface area contributed by atoms with Crippen LogP contribution in [-0.2, 0) is 14.3 Å². The van der Waals surface area contributed by atoms with Gasteiger partial charge in [0.2, 0.25) is 0 Å². The Bertz CT molecular complexity index is 842. The van der Waals surface area contributed by atoms with Gasteiger partial charge in [-0.25, -0.2) is 14.6 Å². The van der Waals surface area contributed by atoms with Crippen LogP contribution in [0.2, 0.25) is 0 Å². The number of unbranched alkanes of at least 4 members (excludes halogenated alkanes) is 1. The summed E-state index contributed by atoms with van der Waals surface area (Å²) in [6, 6.07) is -0.836. The highest BCUT2D eigenvalue weighted by Gasteiger charge is 2.24. The Morgan fingerprint density at radius 2 is 2.04 bits per heavy atom. The molecule has 0 aromatic carbocycles. The van der Waals surface area contributed by atoms with Crippen LogP contribution in [0.1, 0.15) is 63.4 Å². The predicted molar refractivity (Wildman–Crippen MR) is 99.6 cm³/mol. The SMILES string of the molecule is CCCCOC(=O)c1csc2ncn(C(C)C(=O)OC(C)CC)c(=O)c12. The molecule has 7 nitrogen and oxygen atoms in total. The highest BCUT2D eigenvalue weighted by Crippen LogP contribution is 2.22. The number of hydrogen-bond acceptors (Lipinski definition) is 7. The lowest BCUT2D eigenvalue weighted by Gasteiger charge is -2.17. The minimum Gasteiger partial charge on any atom is -0.462 e. The van der Waals surface area contributed by atoms with Gasteiger partial charge in [-0.1, -0.05) is 20.3 Å². The monoisotopic (exact) mass is 380 g/mol. The first-order valence-electron chi connectivity index (χ1n) is 8.76. The second-order valence-corrected chi connectivity index (χ2v) is 6.97. The number of thiophene rings is 1. The van der Waals surface area contributed by atoms with E-state index in [-0.39, 0.29) is 17.1 Å². The summed E-state index contributed by atoms with van der Waals surface area (Å²) in [5, 5.41) is 1.75. The first-order chi connectivity index (χ1) is 12.4. The van der Waals surface area contributed by atoms with E-state index < -0.39 is 23.5 Å². The van der Waals surface area contributed by atoms with Gasteiger partial charge in [-0.3, -0.25) is 9.36 Å². The molecule has 0 N–H and O–H groups in total. The van der Waals surface area contributed by atoms with Crippen LogP contribution in [0.15, 0.2) is 16.5 Å². The molecule has 0 aliphatic heterocycles. The van der Waals surface area contributed by atoms with E-state index in [0.717, 1.165) is 12.8 Å². The molecule has 0 radical (unpaired) electrons. The molecule has 2 aromatic rings. The molecule has 2 atom stereocenters. The smallest absolute Gasteiger partial charge is 0.339 e. The summed E-state index contributed by atoms with van der Waals surface area (Å²) in [4.78, 5) is 42.0. The van der Waals surface area contributed by atoms with Crippen LogP contribution in [0, 0.1) is 0 Å². The Hall–Kier alpha value is -2.22. The van der Waals surface area contributed by atoms with Crippen molar-refractivity contribution in [3.63, 3.8) is 0 Å². The van der Waals surface area contributed by atoms with E-state index in [9.17, 15) is 14.4 Å². The molecule has 8 heteroatoms. The van der Waals surface area contributed by atoms with Crippen molar-refractivity contribution in [2.75, 3.05) is 6.61 Å². The third-order valence-corrected chi connectivity index (χ3v) is 5.01. The van der Waals surface area contributed by atoms with Gasteiger partial charge in [-0.2, -0.15) is 0 Å². The van der Waals surface area contributed by atoms with Gasteiger partial charge in [0.05, 0.1) is 30.0 Å². The van der Waals surface area contributed by atoms with Gasteiger partial charge >= 0.3 is 11.9 Å². The number of esters is 2. The molecular weight excluding hydrogens is 356 g/mol. The Balaban J connectivity index is 2.34. The first kappa shape index (κ1) is 20.1. The van der Waals surface area contributed by atoms with E-state index in [4.69, 9.17) is 9.47 Å². The number of carbonyl (C=O) groups is 2. The Labute approximate surface area is 155 Å². The molecule has 142 valence electrons. The summed E-state index contributed by atoms with van der Waals surface area (Å²) in [5.74, 6) is -1.05. The fraction of sp³-hybridized carbons (Fsp3) is 0.556. The summed E-state index contributed by atoms with van der Waals surface area (Å²) in [7, 11) is 0. The van der Waals surface area contributed by atoms with Crippen LogP contribution in [0.5, 0.6) is 0 Å². The number of hydrogen-bond donors (Lipinski definition) is 0. The molecule has 0 amide bonds. The molecule has 2 unspecified atom stereocenters. The Morgan fingerprint density at radius 1 is 1.31 bits per heavy atom. The molecule has 2 aromatic heterocycles. The van der Waals surface area contributed by atoms with E-state index >= 15 is 0 Å². The molecule has 0 aliphatic rings. The summed E-state index contributed by atoms with van der Waals surface area (Å²) >= 11 is 1.20. The van der Waals surface area contributed by atoms with E-state index in [1.165, 1.54) is 22.2 Å². The molecule has 0 aliphatic carbocycles. The molecule has 0 spiro atoms. The van der Waals surface area contributed by atoms with Crippen LogP contribution >= 0.6 is 11.3 Å². The summed E-state index contributed by atoms with van der Waals surface area (Å²) < 4.78 is 11.7. The number of nitrogens with zero attached hydrogens (tertiary/aromatic N) is 2. The zero-order valence-corrected chi connectivity index (χ0v) is 16.3. The van der Waals surface area contributed by atoms with Crippen molar-refractivity contribution < 1.29 is 19.1 Å². The Kier molecular flexibility index (Phi) is 6.90. The topological polar surface area (TPSA) is 87.5 Å². The van der Waals surface area contributed by atoms with E-state index in [2.05, 4.69) is 4.98 Å². The molecule has 0 saturated heterocycles. The molecule has 2 heterocycles. The normalized spacial score (nSPS) is 13.4. The second-order valence-electron chi connectivity index (χ2n) is 6.11. The highest BCUT2D eigenvalue weighted by atomic mass is 32.1. The van der Waals surface area contributed by atoms with Gasteiger partial charge in [-0.05, 0) is 26.7 Å². The van der Waals surface area contributed by atoms with Crippen molar-refractivity contribution in [1.29, 1.82) is 0 Å². The minimum atomic E-state index is -0.836. The van der Waals surface area contributed by atoms with Crippen LogP contribution < -0.4 is 5.56 Å². The fourth-order valence-electron chi connectivity index (χ4n) is 2.25. The summed E-state index contributed by atoms with van der Waals surface area (Å²) in [6.45, 7) is 7.57. The molecule has 26 heavy (non-hydrogen) atoms. The molecule has 0 fully saturated rings. The maximum Gasteiger partial charge on any atom is 0.339 e. The number of ether oxygens (including phenoxy) is 2. The fourth-order valence-corrected chi connectivity index (χ4v) is 3.12. The van der Waals surface area contributed by atoms with Gasteiger partial charge in [0.15, 0.2) is 0 Å². The van der Waals surface area contributed by atoms with Crippen molar-refractivity contribution in [2.24, 2.45) is 0 Å². The second kappa shape index (κ2) is 8.93. The maximum atomic E-state index is 12.9. The van der Waals surface area contributed by atoms with Gasteiger partial charge in [0, 0.05) is 5.38 Å². The summed E-state index contributed by atoms with van der Waals surface area (Å²) in [5.41, 5.74) is -0.261. The molecule has 0 bridgehead atoms. The van der Waals surface area contributed by atoms with Crippen LogP contribution in [0.3, 0.4) is 0 Å². The standard InChI is InChI=1S/C18H24N2O5S/c1-5-7-8-24-18(23)13-9-26-15-14(13)16(21)20(10-19-15)12(4)17(22)25-11(3)6-2/h9-12H,5-8H2,1-4H3. The number of rotatable bonds is 8. The van der Waals surface area contributed by atoms with Crippen molar-refractivity contribution in [1.82, 2.24) is 9.55 Å². The zero-order valence-electron chi connectivity index (χ0n) is 15.5. The van der Waals surface area contributed by atoms with Gasteiger partial charge in [0.25, 0.3) is 5.56 Å². The van der Waals surface area contributed by atoms with Crippen molar-refractivity contribution in [3.8, 4) is 0 Å². The predicted octanol–water partition coefficient (Wildman–Crippen LogP) is 3.32. The number of aromatic nitrogens is 2. The van der Waals surface area contributed by atoms with Crippen LogP contribution in [-0.4, -0.2) is 34.2 Å². The van der Waals surface area contributed by atoms with E-state index in [1.807, 2.05) is 13.8 Å². The first-order valence-corrected chi connectivity index (χ1v) is 9.64. The van der Waals surface area contributed by atoms with Gasteiger partial charge in [0.1, 0.15) is 10.9 Å². The molecule has 0 saturated carbocycles. The lowest BCUT2D eigenvalue weighted by molar-refractivity contribution is -0.152. The van der Waals surface area contributed by atoms with Crippen molar-refractivity contribution in [3.05, 3.63) is 27.6 Å². The zero-order chi connectivity index (χ0) is 19.3. The van der Waals surface area contributed by atoms with Crippen LogP contribution in [0.25, 0.3) is 10.2 Å². The third kappa shape index (κ3) is 4.30. The lowest BCUT2D eigenvalue weighted by atomic mass is 10.2. The highest BCUT2D eigenvalue weighted by molar-refractivity contribution is 7.17. The minimum absolute atomic E-state index is 0.183. The average molecular weight is 380 g/mol. The number of fused-ring (bicyclic) bond motifs is 1. The maximum absolute atomic E-state index is 12.9. The quantitative estimate of drug-likeness (QED) is 0.516. The largest absolute Gasteiger partial charge is 0.462 e. The van der Waals surface area contributed by atoms with Crippen molar-refractivity contribution >= 4 is 33.5 Å². The van der Waals surface area contributed by atoms with Gasteiger partial charge < -0.3 is 9.47 Å². The summed E-state index contributed by atoms with van der Waals surface area (Å²) in [6.07, 6.45) is 3.43. The Morgan fingerprint density at radius 3 is 2.69 bits per heavy atom. The molecular formula is C18H24N2O5S. The van der Waals surface area contributed by atoms with Crippen LogP contribution in [0.4, 0.5) is 0 Å². The third-order valence-electron chi connectivity index (χ3n) is 4.12. The van der Waals surface area contributed by atoms with E-state index in [0.29, 0.717) is 17.9 Å². The van der Waals surface area contributed by atoms with E-state index in [1.54, 1.807) is 19.2 Å². The average Bonchev–Trinajstić information content (AvgIpc) is 3.06. The lowest BCUT2D eigenvalue weighted by Crippen LogP contribution is -2.31. The molecule has 2 rings (SSSR count). The van der Waals surface area contributed by atoms with Gasteiger partial charge in [-0.15, -0.1) is 11.3 Å². The number of carbonyl (C=O) groups excluding carboxylic acids is 2. The van der Waals surface area contributed by atoms with Crippen molar-refractivity contribution in [2.45, 2.75) is 59.1 Å².